The SMILES string of the molecule is CSc1ccc(S(=O)(=O)N(C)Cc2nc(-c3ccc(C(C)C)cc3)no2)cc1C(=O)N1CCC(C)CC1. The molecule has 1 aliphatic rings. The summed E-state index contributed by atoms with van der Waals surface area (Å²) in [5, 5.41) is 4.03. The van der Waals surface area contributed by atoms with Crippen LogP contribution in [0.5, 0.6) is 0 Å². The van der Waals surface area contributed by atoms with E-state index in [2.05, 4.69) is 30.9 Å². The van der Waals surface area contributed by atoms with Gasteiger partial charge in [0.05, 0.1) is 17.0 Å². The summed E-state index contributed by atoms with van der Waals surface area (Å²) in [6.45, 7) is 7.72. The van der Waals surface area contributed by atoms with Gasteiger partial charge in [-0.25, -0.2) is 8.42 Å². The molecule has 37 heavy (non-hydrogen) atoms. The fourth-order valence-electron chi connectivity index (χ4n) is 4.31. The third-order valence-corrected chi connectivity index (χ3v) is 9.44. The Hall–Kier alpha value is -2.69. The molecule has 0 atom stereocenters. The molecule has 1 amide bonds. The van der Waals surface area contributed by atoms with Gasteiger partial charge >= 0.3 is 0 Å². The van der Waals surface area contributed by atoms with Crippen LogP contribution >= 0.6 is 11.8 Å². The predicted octanol–water partition coefficient (Wildman–Crippen LogP) is 5.27. The number of amides is 1. The van der Waals surface area contributed by atoms with Crippen molar-refractivity contribution in [1.82, 2.24) is 19.3 Å². The van der Waals surface area contributed by atoms with E-state index in [4.69, 9.17) is 4.52 Å². The molecule has 0 bridgehead atoms. The summed E-state index contributed by atoms with van der Waals surface area (Å²) < 4.78 is 33.3. The summed E-state index contributed by atoms with van der Waals surface area (Å²) >= 11 is 1.43. The molecule has 3 aromatic rings. The minimum Gasteiger partial charge on any atom is -0.339 e. The highest BCUT2D eigenvalue weighted by Gasteiger charge is 2.28. The van der Waals surface area contributed by atoms with Crippen LogP contribution in [0.25, 0.3) is 11.4 Å². The molecule has 2 heterocycles. The van der Waals surface area contributed by atoms with Gasteiger partial charge in [0.15, 0.2) is 0 Å². The molecule has 4 rings (SSSR count). The summed E-state index contributed by atoms with van der Waals surface area (Å²) in [5.74, 6) is 1.48. The number of carbonyl (C=O) groups excluding carboxylic acids is 1. The lowest BCUT2D eigenvalue weighted by molar-refractivity contribution is 0.0693. The molecule has 198 valence electrons. The Morgan fingerprint density at radius 3 is 2.46 bits per heavy atom. The number of hydrogen-bond donors (Lipinski definition) is 0. The molecule has 1 saturated heterocycles. The molecule has 0 radical (unpaired) electrons. The zero-order chi connectivity index (χ0) is 26.7. The van der Waals surface area contributed by atoms with Crippen LogP contribution in [0.2, 0.25) is 0 Å². The molecule has 0 N–H and O–H groups in total. The van der Waals surface area contributed by atoms with Gasteiger partial charge in [0.1, 0.15) is 0 Å². The number of benzene rings is 2. The van der Waals surface area contributed by atoms with Crippen LogP contribution < -0.4 is 0 Å². The van der Waals surface area contributed by atoms with E-state index in [0.29, 0.717) is 36.3 Å². The Labute approximate surface area is 223 Å². The van der Waals surface area contributed by atoms with Crippen molar-refractivity contribution in [3.8, 4) is 11.4 Å². The minimum atomic E-state index is -3.90. The van der Waals surface area contributed by atoms with Crippen molar-refractivity contribution in [2.75, 3.05) is 26.4 Å². The Morgan fingerprint density at radius 1 is 1.16 bits per heavy atom. The van der Waals surface area contributed by atoms with E-state index in [1.165, 1.54) is 30.4 Å². The van der Waals surface area contributed by atoms with Gasteiger partial charge < -0.3 is 9.42 Å². The van der Waals surface area contributed by atoms with Crippen LogP contribution in [-0.4, -0.2) is 60.1 Å². The summed E-state index contributed by atoms with van der Waals surface area (Å²) in [7, 11) is -2.44. The van der Waals surface area contributed by atoms with Crippen LogP contribution in [0, 0.1) is 5.92 Å². The van der Waals surface area contributed by atoms with Crippen LogP contribution in [0.1, 0.15) is 61.3 Å². The quantitative estimate of drug-likeness (QED) is 0.358. The third kappa shape index (κ3) is 6.08. The summed E-state index contributed by atoms with van der Waals surface area (Å²) in [4.78, 5) is 20.3. The number of rotatable bonds is 8. The highest BCUT2D eigenvalue weighted by molar-refractivity contribution is 7.98. The molecule has 1 fully saturated rings. The molecule has 0 saturated carbocycles. The van der Waals surface area contributed by atoms with Crippen LogP contribution in [0.3, 0.4) is 0 Å². The molecule has 0 aliphatic carbocycles. The van der Waals surface area contributed by atoms with Gasteiger partial charge in [-0.3, -0.25) is 4.79 Å². The number of carbonyl (C=O) groups is 1. The highest BCUT2D eigenvalue weighted by atomic mass is 32.2. The molecule has 10 heteroatoms. The molecule has 0 spiro atoms. The van der Waals surface area contributed by atoms with Crippen LogP contribution in [0.4, 0.5) is 0 Å². The van der Waals surface area contributed by atoms with Crippen molar-refractivity contribution < 1.29 is 17.7 Å². The number of sulfonamides is 1. The van der Waals surface area contributed by atoms with Crippen molar-refractivity contribution in [3.05, 3.63) is 59.5 Å². The third-order valence-electron chi connectivity index (χ3n) is 6.84. The van der Waals surface area contributed by atoms with Gasteiger partial charge in [-0.2, -0.15) is 9.29 Å². The van der Waals surface area contributed by atoms with E-state index in [1.807, 2.05) is 35.4 Å². The van der Waals surface area contributed by atoms with Gasteiger partial charge in [-0.05, 0) is 54.7 Å². The van der Waals surface area contributed by atoms with Crippen molar-refractivity contribution in [1.29, 1.82) is 0 Å². The van der Waals surface area contributed by atoms with Gasteiger partial charge in [-0.1, -0.05) is 50.2 Å². The van der Waals surface area contributed by atoms with E-state index in [1.54, 1.807) is 12.1 Å². The smallest absolute Gasteiger partial charge is 0.255 e. The largest absolute Gasteiger partial charge is 0.339 e. The van der Waals surface area contributed by atoms with Crippen molar-refractivity contribution in [3.63, 3.8) is 0 Å². The van der Waals surface area contributed by atoms with Crippen LogP contribution in [-0.2, 0) is 16.6 Å². The molecular weight excluding hydrogens is 508 g/mol. The summed E-state index contributed by atoms with van der Waals surface area (Å²) in [5.41, 5.74) is 2.42. The van der Waals surface area contributed by atoms with E-state index < -0.39 is 10.0 Å². The Balaban J connectivity index is 1.52. The molecule has 8 nitrogen and oxygen atoms in total. The van der Waals surface area contributed by atoms with Crippen molar-refractivity contribution >= 4 is 27.7 Å². The maximum atomic E-state index is 13.4. The average Bonchev–Trinajstić information content (AvgIpc) is 3.36. The summed E-state index contributed by atoms with van der Waals surface area (Å²) in [6.07, 6.45) is 3.79. The van der Waals surface area contributed by atoms with Gasteiger partial charge in [0.25, 0.3) is 5.91 Å². The maximum Gasteiger partial charge on any atom is 0.255 e. The lowest BCUT2D eigenvalue weighted by Gasteiger charge is -2.31. The Kier molecular flexibility index (Phi) is 8.40. The zero-order valence-corrected chi connectivity index (χ0v) is 23.6. The first-order valence-electron chi connectivity index (χ1n) is 12.5. The molecule has 0 unspecified atom stereocenters. The van der Waals surface area contributed by atoms with E-state index in [9.17, 15) is 13.2 Å². The highest BCUT2D eigenvalue weighted by Crippen LogP contribution is 2.28. The second-order valence-electron chi connectivity index (χ2n) is 9.89. The standard InChI is InChI=1S/C27H34N4O4S2/c1-18(2)20-6-8-21(9-7-20)26-28-25(35-29-26)17-30(4)37(33,34)22-10-11-24(36-5)23(16-22)27(32)31-14-12-19(3)13-15-31/h6-11,16,18-19H,12-15,17H2,1-5H3. The zero-order valence-electron chi connectivity index (χ0n) is 22.0. The minimum absolute atomic E-state index is 0.0607. The van der Waals surface area contributed by atoms with Gasteiger partial charge in [0.2, 0.25) is 21.7 Å². The van der Waals surface area contributed by atoms with Gasteiger partial charge in [-0.15, -0.1) is 11.8 Å². The Morgan fingerprint density at radius 2 is 1.84 bits per heavy atom. The lowest BCUT2D eigenvalue weighted by Crippen LogP contribution is -2.38. The molecule has 1 aliphatic heterocycles. The Bertz CT molecular complexity index is 1340. The van der Waals surface area contributed by atoms with Crippen molar-refractivity contribution in [2.45, 2.75) is 55.9 Å². The molecule has 1 aromatic heterocycles. The van der Waals surface area contributed by atoms with E-state index in [-0.39, 0.29) is 23.2 Å². The topological polar surface area (TPSA) is 96.6 Å². The first-order chi connectivity index (χ1) is 17.6. The van der Waals surface area contributed by atoms with Crippen molar-refractivity contribution in [2.24, 2.45) is 5.92 Å². The predicted molar refractivity (Wildman–Crippen MR) is 145 cm³/mol. The molecular formula is C27H34N4O4S2. The number of hydrogen-bond acceptors (Lipinski definition) is 7. The number of piperidine rings is 1. The monoisotopic (exact) mass is 542 g/mol. The first-order valence-corrected chi connectivity index (χ1v) is 15.1. The molecule has 2 aromatic carbocycles. The number of nitrogens with zero attached hydrogens (tertiary/aromatic N) is 4. The lowest BCUT2D eigenvalue weighted by atomic mass is 9.98. The number of aromatic nitrogens is 2. The van der Waals surface area contributed by atoms with Crippen LogP contribution in [0.15, 0.2) is 56.8 Å². The first kappa shape index (κ1) is 27.3. The second-order valence-corrected chi connectivity index (χ2v) is 12.8. The fourth-order valence-corrected chi connectivity index (χ4v) is 6.02. The second kappa shape index (κ2) is 11.4. The van der Waals surface area contributed by atoms with E-state index in [0.717, 1.165) is 27.6 Å². The normalized spacial score (nSPS) is 15.1. The fraction of sp³-hybridized carbons (Fsp3) is 0.444. The van der Waals surface area contributed by atoms with E-state index >= 15 is 0 Å². The van der Waals surface area contributed by atoms with Gasteiger partial charge in [0, 0.05) is 30.6 Å². The maximum absolute atomic E-state index is 13.4. The number of thioether (sulfide) groups is 1. The average molecular weight is 543 g/mol. The summed E-state index contributed by atoms with van der Waals surface area (Å²) in [6, 6.07) is 12.6. The number of likely N-dealkylation sites (tertiary alicyclic amines) is 1.